The first-order valence-electron chi connectivity index (χ1n) is 6.67. The van der Waals surface area contributed by atoms with Gasteiger partial charge in [-0.05, 0) is 17.9 Å². The van der Waals surface area contributed by atoms with E-state index < -0.39 is 11.4 Å². The molecule has 1 aliphatic rings. The van der Waals surface area contributed by atoms with E-state index in [1.54, 1.807) is 0 Å². The van der Waals surface area contributed by atoms with Crippen LogP contribution in [-0.2, 0) is 14.3 Å². The molecule has 2 rings (SSSR count). The normalized spacial score (nSPS) is 23.8. The molecule has 0 saturated heterocycles. The number of benzene rings is 1. The van der Waals surface area contributed by atoms with E-state index in [0.29, 0.717) is 0 Å². The van der Waals surface area contributed by atoms with Gasteiger partial charge in [0.25, 0.3) is 0 Å². The summed E-state index contributed by atoms with van der Waals surface area (Å²) in [4.78, 5) is 23.5. The SMILES string of the molecule is C=CCOC(=O)CNC(=O)C1(C)CC1c1ccccc1. The van der Waals surface area contributed by atoms with Crippen LogP contribution in [-0.4, -0.2) is 25.0 Å². The number of carbonyl (C=O) groups excluding carboxylic acids is 2. The summed E-state index contributed by atoms with van der Waals surface area (Å²) in [6.45, 7) is 5.45. The van der Waals surface area contributed by atoms with Crippen LogP contribution in [0.2, 0.25) is 0 Å². The first kappa shape index (κ1) is 14.3. The van der Waals surface area contributed by atoms with E-state index in [2.05, 4.69) is 11.9 Å². The maximum Gasteiger partial charge on any atom is 0.325 e. The topological polar surface area (TPSA) is 55.4 Å². The Kier molecular flexibility index (Phi) is 4.23. The van der Waals surface area contributed by atoms with Crippen LogP contribution >= 0.6 is 0 Å². The summed E-state index contributed by atoms with van der Waals surface area (Å²) in [7, 11) is 0. The fourth-order valence-electron chi connectivity index (χ4n) is 2.34. The lowest BCUT2D eigenvalue weighted by Gasteiger charge is -2.12. The molecule has 1 amide bonds. The van der Waals surface area contributed by atoms with Crippen molar-refractivity contribution in [3.05, 3.63) is 48.6 Å². The molecular weight excluding hydrogens is 254 g/mol. The first-order chi connectivity index (χ1) is 9.58. The number of esters is 1. The molecule has 1 saturated carbocycles. The van der Waals surface area contributed by atoms with Gasteiger partial charge in [0.1, 0.15) is 13.2 Å². The van der Waals surface area contributed by atoms with Gasteiger partial charge in [-0.2, -0.15) is 0 Å². The predicted molar refractivity (Wildman–Crippen MR) is 76.1 cm³/mol. The van der Waals surface area contributed by atoms with Crippen LogP contribution in [0.3, 0.4) is 0 Å². The number of carbonyl (C=O) groups is 2. The van der Waals surface area contributed by atoms with Gasteiger partial charge < -0.3 is 10.1 Å². The Bertz CT molecular complexity index is 512. The van der Waals surface area contributed by atoms with E-state index in [-0.39, 0.29) is 25.0 Å². The molecule has 1 fully saturated rings. The van der Waals surface area contributed by atoms with Gasteiger partial charge in [-0.15, -0.1) is 0 Å². The highest BCUT2D eigenvalue weighted by Crippen LogP contribution is 2.59. The largest absolute Gasteiger partial charge is 0.460 e. The van der Waals surface area contributed by atoms with Gasteiger partial charge in [-0.3, -0.25) is 9.59 Å². The maximum atomic E-state index is 12.2. The second-order valence-electron chi connectivity index (χ2n) is 5.24. The molecular formula is C16H19NO3. The summed E-state index contributed by atoms with van der Waals surface area (Å²) in [6, 6.07) is 9.96. The molecule has 0 aromatic heterocycles. The summed E-state index contributed by atoms with van der Waals surface area (Å²) < 4.78 is 4.81. The number of ether oxygens (including phenoxy) is 1. The fourth-order valence-corrected chi connectivity index (χ4v) is 2.34. The highest BCUT2D eigenvalue weighted by Gasteiger charge is 2.56. The van der Waals surface area contributed by atoms with Crippen LogP contribution in [0.25, 0.3) is 0 Å². The summed E-state index contributed by atoms with van der Waals surface area (Å²) in [6.07, 6.45) is 2.30. The average Bonchev–Trinajstić information content (AvgIpc) is 3.17. The molecule has 0 heterocycles. The lowest BCUT2D eigenvalue weighted by atomic mass is 10.0. The third kappa shape index (κ3) is 3.07. The number of hydrogen-bond acceptors (Lipinski definition) is 3. The zero-order valence-electron chi connectivity index (χ0n) is 11.6. The monoisotopic (exact) mass is 273 g/mol. The standard InChI is InChI=1S/C16H19NO3/c1-3-9-20-14(18)11-17-15(19)16(2)10-13(16)12-7-5-4-6-8-12/h3-8,13H,1,9-11H2,2H3,(H,17,19). The van der Waals surface area contributed by atoms with Crippen LogP contribution in [0.15, 0.2) is 43.0 Å². The zero-order chi connectivity index (χ0) is 14.6. The molecule has 106 valence electrons. The minimum atomic E-state index is -0.446. The molecule has 4 heteroatoms. The highest BCUT2D eigenvalue weighted by molar-refractivity contribution is 5.89. The highest BCUT2D eigenvalue weighted by atomic mass is 16.5. The fraction of sp³-hybridized carbons (Fsp3) is 0.375. The number of rotatable bonds is 6. The molecule has 1 aliphatic carbocycles. The van der Waals surface area contributed by atoms with Crippen LogP contribution in [0.1, 0.15) is 24.8 Å². The molecule has 0 bridgehead atoms. The Hall–Kier alpha value is -2.10. The molecule has 1 N–H and O–H groups in total. The van der Waals surface area contributed by atoms with Gasteiger partial charge in [0.05, 0.1) is 5.41 Å². The summed E-state index contributed by atoms with van der Waals surface area (Å²) >= 11 is 0. The van der Waals surface area contributed by atoms with Crippen molar-refractivity contribution in [1.82, 2.24) is 5.32 Å². The van der Waals surface area contributed by atoms with E-state index >= 15 is 0 Å². The second-order valence-corrected chi connectivity index (χ2v) is 5.24. The van der Waals surface area contributed by atoms with E-state index in [9.17, 15) is 9.59 Å². The van der Waals surface area contributed by atoms with Gasteiger partial charge in [-0.1, -0.05) is 49.9 Å². The molecule has 0 radical (unpaired) electrons. The first-order valence-corrected chi connectivity index (χ1v) is 6.67. The Morgan fingerprint density at radius 3 is 2.80 bits per heavy atom. The lowest BCUT2D eigenvalue weighted by Crippen LogP contribution is -2.36. The third-order valence-corrected chi connectivity index (χ3v) is 3.71. The van der Waals surface area contributed by atoms with Gasteiger partial charge >= 0.3 is 5.97 Å². The van der Waals surface area contributed by atoms with Crippen LogP contribution in [0.5, 0.6) is 0 Å². The maximum absolute atomic E-state index is 12.2. The van der Waals surface area contributed by atoms with Gasteiger partial charge in [-0.25, -0.2) is 0 Å². The number of nitrogens with one attached hydrogen (secondary N) is 1. The Morgan fingerprint density at radius 1 is 1.45 bits per heavy atom. The molecule has 20 heavy (non-hydrogen) atoms. The molecule has 2 atom stereocenters. The second kappa shape index (κ2) is 5.90. The molecule has 4 nitrogen and oxygen atoms in total. The van der Waals surface area contributed by atoms with Gasteiger partial charge in [0.15, 0.2) is 0 Å². The van der Waals surface area contributed by atoms with Crippen molar-refractivity contribution in [2.24, 2.45) is 5.41 Å². The van der Waals surface area contributed by atoms with E-state index in [0.717, 1.165) is 6.42 Å². The van der Waals surface area contributed by atoms with E-state index in [1.165, 1.54) is 11.6 Å². The molecule has 0 aliphatic heterocycles. The third-order valence-electron chi connectivity index (χ3n) is 3.71. The van der Waals surface area contributed by atoms with Crippen LogP contribution in [0.4, 0.5) is 0 Å². The minimum Gasteiger partial charge on any atom is -0.460 e. The Balaban J connectivity index is 1.85. The van der Waals surface area contributed by atoms with Crippen molar-refractivity contribution >= 4 is 11.9 Å². The van der Waals surface area contributed by atoms with Gasteiger partial charge in [0.2, 0.25) is 5.91 Å². The van der Waals surface area contributed by atoms with Crippen molar-refractivity contribution in [2.45, 2.75) is 19.3 Å². The summed E-state index contributed by atoms with van der Waals surface area (Å²) in [5, 5.41) is 2.65. The Labute approximate surface area is 118 Å². The number of amides is 1. The molecule has 1 aromatic carbocycles. The predicted octanol–water partition coefficient (Wildman–Crippen LogP) is 2.03. The van der Waals surface area contributed by atoms with Crippen LogP contribution in [0, 0.1) is 5.41 Å². The lowest BCUT2D eigenvalue weighted by molar-refractivity contribution is -0.143. The summed E-state index contributed by atoms with van der Waals surface area (Å²) in [5.41, 5.74) is 0.749. The summed E-state index contributed by atoms with van der Waals surface area (Å²) in [5.74, 6) is -0.312. The van der Waals surface area contributed by atoms with Crippen molar-refractivity contribution in [3.63, 3.8) is 0 Å². The zero-order valence-corrected chi connectivity index (χ0v) is 11.6. The molecule has 0 spiro atoms. The van der Waals surface area contributed by atoms with Crippen molar-refractivity contribution in [1.29, 1.82) is 0 Å². The Morgan fingerprint density at radius 2 is 2.15 bits per heavy atom. The van der Waals surface area contributed by atoms with E-state index in [1.807, 2.05) is 37.3 Å². The average molecular weight is 273 g/mol. The smallest absolute Gasteiger partial charge is 0.325 e. The van der Waals surface area contributed by atoms with Crippen molar-refractivity contribution in [2.75, 3.05) is 13.2 Å². The van der Waals surface area contributed by atoms with E-state index in [4.69, 9.17) is 4.74 Å². The van der Waals surface area contributed by atoms with Crippen molar-refractivity contribution in [3.8, 4) is 0 Å². The minimum absolute atomic E-state index is 0.0935. The quantitative estimate of drug-likeness (QED) is 0.637. The van der Waals surface area contributed by atoms with Crippen LogP contribution < -0.4 is 5.32 Å². The molecule has 1 aromatic rings. The number of hydrogen-bond donors (Lipinski definition) is 1. The van der Waals surface area contributed by atoms with Crippen molar-refractivity contribution < 1.29 is 14.3 Å². The molecule has 2 unspecified atom stereocenters. The van der Waals surface area contributed by atoms with Gasteiger partial charge in [0, 0.05) is 0 Å².